The van der Waals surface area contributed by atoms with Gasteiger partial charge in [-0.15, -0.1) is 0 Å². The Balaban J connectivity index is 1.69. The number of amides is 1. The van der Waals surface area contributed by atoms with E-state index < -0.39 is 0 Å². The standard InChI is InChI=1S/C13H19ClN4O/c1-2-11-17-10(14)8-12(18-11)15-7-3-4-13(19)16-9-5-6-9/h8-9H,2-7H2,1H3,(H,16,19)(H,15,17,18). The molecule has 1 aromatic rings. The number of nitrogens with zero attached hydrogens (tertiary/aromatic N) is 2. The van der Waals surface area contributed by atoms with Crippen molar-refractivity contribution in [2.75, 3.05) is 11.9 Å². The Hall–Kier alpha value is -1.36. The number of rotatable bonds is 7. The molecular weight excluding hydrogens is 264 g/mol. The Bertz CT molecular complexity index is 448. The van der Waals surface area contributed by atoms with Crippen LogP contribution in [0.25, 0.3) is 0 Å². The minimum Gasteiger partial charge on any atom is -0.370 e. The molecule has 19 heavy (non-hydrogen) atoms. The topological polar surface area (TPSA) is 66.9 Å². The summed E-state index contributed by atoms with van der Waals surface area (Å²) in [4.78, 5) is 19.9. The summed E-state index contributed by atoms with van der Waals surface area (Å²) >= 11 is 5.90. The van der Waals surface area contributed by atoms with E-state index >= 15 is 0 Å². The summed E-state index contributed by atoms with van der Waals surface area (Å²) in [6.07, 6.45) is 4.33. The highest BCUT2D eigenvalue weighted by Crippen LogP contribution is 2.18. The fraction of sp³-hybridized carbons (Fsp3) is 0.615. The van der Waals surface area contributed by atoms with Crippen LogP contribution in [-0.2, 0) is 11.2 Å². The lowest BCUT2D eigenvalue weighted by Crippen LogP contribution is -2.25. The van der Waals surface area contributed by atoms with Crippen LogP contribution in [0, 0.1) is 0 Å². The first-order valence-corrected chi connectivity index (χ1v) is 7.12. The first kappa shape index (κ1) is 14.1. The lowest BCUT2D eigenvalue weighted by molar-refractivity contribution is -0.121. The van der Waals surface area contributed by atoms with Crippen molar-refractivity contribution in [1.29, 1.82) is 0 Å². The third kappa shape index (κ3) is 5.03. The van der Waals surface area contributed by atoms with Gasteiger partial charge in [-0.2, -0.15) is 0 Å². The zero-order valence-electron chi connectivity index (χ0n) is 11.1. The molecule has 5 nitrogen and oxygen atoms in total. The summed E-state index contributed by atoms with van der Waals surface area (Å²) in [5.74, 6) is 1.58. The van der Waals surface area contributed by atoms with Crippen LogP contribution >= 0.6 is 11.6 Å². The van der Waals surface area contributed by atoms with Crippen LogP contribution in [0.3, 0.4) is 0 Å². The molecule has 1 aliphatic rings. The smallest absolute Gasteiger partial charge is 0.220 e. The molecule has 104 valence electrons. The number of anilines is 1. The summed E-state index contributed by atoms with van der Waals surface area (Å²) in [7, 11) is 0. The summed E-state index contributed by atoms with van der Waals surface area (Å²) < 4.78 is 0. The summed E-state index contributed by atoms with van der Waals surface area (Å²) in [5, 5.41) is 6.58. The first-order chi connectivity index (χ1) is 9.17. The van der Waals surface area contributed by atoms with E-state index in [1.54, 1.807) is 6.07 Å². The van der Waals surface area contributed by atoms with E-state index in [-0.39, 0.29) is 5.91 Å². The highest BCUT2D eigenvalue weighted by Gasteiger charge is 2.22. The van der Waals surface area contributed by atoms with Gasteiger partial charge in [-0.25, -0.2) is 9.97 Å². The summed E-state index contributed by atoms with van der Waals surface area (Å²) in [6.45, 7) is 2.69. The zero-order chi connectivity index (χ0) is 13.7. The molecule has 1 heterocycles. The Morgan fingerprint density at radius 1 is 1.47 bits per heavy atom. The van der Waals surface area contributed by atoms with Gasteiger partial charge in [-0.3, -0.25) is 4.79 Å². The minimum atomic E-state index is 0.138. The number of aryl methyl sites for hydroxylation is 1. The predicted molar refractivity (Wildman–Crippen MR) is 75.3 cm³/mol. The molecule has 2 N–H and O–H groups in total. The van der Waals surface area contributed by atoms with Crippen molar-refractivity contribution in [3.8, 4) is 0 Å². The van der Waals surface area contributed by atoms with Crippen molar-refractivity contribution in [3.05, 3.63) is 17.0 Å². The van der Waals surface area contributed by atoms with Crippen LogP contribution in [0.2, 0.25) is 5.15 Å². The molecule has 0 atom stereocenters. The molecule has 1 aromatic heterocycles. The molecule has 1 fully saturated rings. The summed E-state index contributed by atoms with van der Waals surface area (Å²) in [5.41, 5.74) is 0. The highest BCUT2D eigenvalue weighted by molar-refractivity contribution is 6.29. The molecule has 6 heteroatoms. The predicted octanol–water partition coefficient (Wildman–Crippen LogP) is 2.16. The Morgan fingerprint density at radius 3 is 2.95 bits per heavy atom. The molecule has 0 unspecified atom stereocenters. The quantitative estimate of drug-likeness (QED) is 0.594. The van der Waals surface area contributed by atoms with Gasteiger partial charge in [-0.1, -0.05) is 18.5 Å². The van der Waals surface area contributed by atoms with Crippen LogP contribution < -0.4 is 10.6 Å². The number of carbonyl (C=O) groups is 1. The second kappa shape index (κ2) is 6.70. The maximum Gasteiger partial charge on any atom is 0.220 e. The summed E-state index contributed by atoms with van der Waals surface area (Å²) in [6, 6.07) is 2.14. The van der Waals surface area contributed by atoms with E-state index in [1.807, 2.05) is 6.92 Å². The molecule has 0 aromatic carbocycles. The van der Waals surface area contributed by atoms with E-state index in [4.69, 9.17) is 11.6 Å². The fourth-order valence-electron chi connectivity index (χ4n) is 1.71. The van der Waals surface area contributed by atoms with Gasteiger partial charge in [0.05, 0.1) is 0 Å². The van der Waals surface area contributed by atoms with Crippen molar-refractivity contribution in [1.82, 2.24) is 15.3 Å². The van der Waals surface area contributed by atoms with Gasteiger partial charge in [0.15, 0.2) is 0 Å². The number of nitrogens with one attached hydrogen (secondary N) is 2. The second-order valence-electron chi connectivity index (χ2n) is 4.72. The van der Waals surface area contributed by atoms with E-state index in [0.717, 1.165) is 37.3 Å². The molecule has 0 aliphatic heterocycles. The second-order valence-corrected chi connectivity index (χ2v) is 5.11. The van der Waals surface area contributed by atoms with Crippen molar-refractivity contribution < 1.29 is 4.79 Å². The lowest BCUT2D eigenvalue weighted by Gasteiger charge is -2.07. The maximum absolute atomic E-state index is 11.5. The number of hydrogen-bond donors (Lipinski definition) is 2. The fourth-order valence-corrected chi connectivity index (χ4v) is 1.91. The molecule has 0 saturated heterocycles. The monoisotopic (exact) mass is 282 g/mol. The van der Waals surface area contributed by atoms with E-state index in [9.17, 15) is 4.79 Å². The van der Waals surface area contributed by atoms with Crippen LogP contribution in [0.15, 0.2) is 6.07 Å². The van der Waals surface area contributed by atoms with E-state index in [1.165, 1.54) is 0 Å². The Kier molecular flexibility index (Phi) is 4.96. The Morgan fingerprint density at radius 2 is 2.26 bits per heavy atom. The first-order valence-electron chi connectivity index (χ1n) is 6.74. The third-order valence-corrected chi connectivity index (χ3v) is 3.08. The minimum absolute atomic E-state index is 0.138. The molecule has 0 spiro atoms. The zero-order valence-corrected chi connectivity index (χ0v) is 11.8. The molecule has 1 saturated carbocycles. The van der Waals surface area contributed by atoms with Crippen LogP contribution in [0.5, 0.6) is 0 Å². The average molecular weight is 283 g/mol. The SMILES string of the molecule is CCc1nc(Cl)cc(NCCCC(=O)NC2CC2)n1. The molecule has 1 aliphatic carbocycles. The van der Waals surface area contributed by atoms with Gasteiger partial charge < -0.3 is 10.6 Å². The van der Waals surface area contributed by atoms with Crippen molar-refractivity contribution in [2.45, 2.75) is 45.1 Å². The average Bonchev–Trinajstić information content (AvgIpc) is 3.18. The van der Waals surface area contributed by atoms with Crippen molar-refractivity contribution >= 4 is 23.3 Å². The van der Waals surface area contributed by atoms with E-state index in [0.29, 0.717) is 24.2 Å². The van der Waals surface area contributed by atoms with Gasteiger partial charge >= 0.3 is 0 Å². The molecular formula is C13H19ClN4O. The van der Waals surface area contributed by atoms with Crippen LogP contribution in [0.4, 0.5) is 5.82 Å². The molecule has 0 bridgehead atoms. The largest absolute Gasteiger partial charge is 0.370 e. The molecule has 1 amide bonds. The molecule has 0 radical (unpaired) electrons. The van der Waals surface area contributed by atoms with Crippen molar-refractivity contribution in [2.24, 2.45) is 0 Å². The number of hydrogen-bond acceptors (Lipinski definition) is 4. The van der Waals surface area contributed by atoms with Gasteiger partial charge in [0.2, 0.25) is 5.91 Å². The van der Waals surface area contributed by atoms with Crippen LogP contribution in [-0.4, -0.2) is 28.5 Å². The van der Waals surface area contributed by atoms with Gasteiger partial charge in [0, 0.05) is 31.5 Å². The van der Waals surface area contributed by atoms with Gasteiger partial charge in [0.25, 0.3) is 0 Å². The Labute approximate surface area is 118 Å². The highest BCUT2D eigenvalue weighted by atomic mass is 35.5. The van der Waals surface area contributed by atoms with Crippen LogP contribution in [0.1, 0.15) is 38.4 Å². The molecule has 2 rings (SSSR count). The normalized spacial score (nSPS) is 14.2. The third-order valence-electron chi connectivity index (χ3n) is 2.89. The number of halogens is 1. The number of carbonyl (C=O) groups excluding carboxylic acids is 1. The number of aromatic nitrogens is 2. The lowest BCUT2D eigenvalue weighted by atomic mass is 10.3. The maximum atomic E-state index is 11.5. The van der Waals surface area contributed by atoms with Crippen molar-refractivity contribution in [3.63, 3.8) is 0 Å². The van der Waals surface area contributed by atoms with E-state index in [2.05, 4.69) is 20.6 Å². The van der Waals surface area contributed by atoms with Gasteiger partial charge in [0.1, 0.15) is 16.8 Å². The van der Waals surface area contributed by atoms with Gasteiger partial charge in [-0.05, 0) is 19.3 Å².